The molecule has 6 rings (SSSR count). The Hall–Kier alpha value is -3.97. The Bertz CT molecular complexity index is 1460. The fourth-order valence-electron chi connectivity index (χ4n) is 5.11. The number of para-hydroxylation sites is 1. The van der Waals surface area contributed by atoms with Crippen LogP contribution in [0.1, 0.15) is 22.9 Å². The number of aromatic amines is 1. The number of halogens is 1. The number of H-pyrrole nitrogens is 1. The van der Waals surface area contributed by atoms with Crippen LogP contribution in [-0.2, 0) is 11.2 Å². The van der Waals surface area contributed by atoms with Crippen molar-refractivity contribution in [1.29, 1.82) is 0 Å². The molecule has 8 heteroatoms. The number of nitrogens with one attached hydrogen (secondary N) is 1. The van der Waals surface area contributed by atoms with Gasteiger partial charge in [0.2, 0.25) is 0 Å². The Labute approximate surface area is 200 Å². The van der Waals surface area contributed by atoms with E-state index in [1.165, 1.54) is 12.0 Å². The zero-order valence-electron chi connectivity index (χ0n) is 18.2. The highest BCUT2D eigenvalue weighted by atomic mass is 35.5. The highest BCUT2D eigenvalue weighted by Gasteiger charge is 2.53. The van der Waals surface area contributed by atoms with Gasteiger partial charge in [-0.05, 0) is 53.6 Å². The molecule has 3 amide bonds. The van der Waals surface area contributed by atoms with Crippen LogP contribution in [0.2, 0.25) is 5.02 Å². The first-order valence-electron chi connectivity index (χ1n) is 10.9. The van der Waals surface area contributed by atoms with E-state index in [9.17, 15) is 14.7 Å². The van der Waals surface area contributed by atoms with Crippen molar-refractivity contribution in [1.82, 2.24) is 9.88 Å². The predicted octanol–water partition coefficient (Wildman–Crippen LogP) is 5.02. The van der Waals surface area contributed by atoms with Gasteiger partial charge in [-0.2, -0.15) is 0 Å². The van der Waals surface area contributed by atoms with Crippen molar-refractivity contribution < 1.29 is 19.4 Å². The van der Waals surface area contributed by atoms with Crippen LogP contribution in [0.15, 0.2) is 66.7 Å². The number of benzene rings is 3. The molecule has 3 aromatic carbocycles. The van der Waals surface area contributed by atoms with Crippen LogP contribution in [-0.4, -0.2) is 40.1 Å². The van der Waals surface area contributed by atoms with Crippen LogP contribution < -0.4 is 9.64 Å². The molecule has 0 saturated carbocycles. The SMILES string of the molecule is COc1cc([C@@H]2c3[nH]c4ccccc4c3C[C@@H]3C(=O)N(c4ccc(Cl)cc4)C(=O)N23)ccc1O. The molecule has 0 radical (unpaired) electrons. The number of imide groups is 1. The van der Waals surface area contributed by atoms with Gasteiger partial charge >= 0.3 is 6.03 Å². The van der Waals surface area contributed by atoms with E-state index in [1.807, 2.05) is 24.3 Å². The van der Waals surface area contributed by atoms with Crippen molar-refractivity contribution in [3.63, 3.8) is 0 Å². The fraction of sp³-hybridized carbons (Fsp3) is 0.154. The zero-order valence-corrected chi connectivity index (χ0v) is 18.9. The van der Waals surface area contributed by atoms with E-state index < -0.39 is 18.1 Å². The number of carbonyl (C=O) groups is 2. The summed E-state index contributed by atoms with van der Waals surface area (Å²) in [6, 6.07) is 17.9. The Morgan fingerprint density at radius 1 is 1.06 bits per heavy atom. The number of fused-ring (bicyclic) bond motifs is 4. The molecule has 2 aliphatic heterocycles. The molecule has 0 bridgehead atoms. The third kappa shape index (κ3) is 2.90. The van der Waals surface area contributed by atoms with E-state index in [2.05, 4.69) is 4.98 Å². The fourth-order valence-corrected chi connectivity index (χ4v) is 5.24. The van der Waals surface area contributed by atoms with Crippen molar-refractivity contribution >= 4 is 40.1 Å². The van der Waals surface area contributed by atoms with Gasteiger partial charge in [-0.1, -0.05) is 35.9 Å². The lowest BCUT2D eigenvalue weighted by Gasteiger charge is -2.36. The maximum Gasteiger partial charge on any atom is 0.332 e. The van der Waals surface area contributed by atoms with Crippen LogP contribution in [0.3, 0.4) is 0 Å². The minimum atomic E-state index is -0.667. The average molecular weight is 474 g/mol. The number of aromatic nitrogens is 1. The summed E-state index contributed by atoms with van der Waals surface area (Å²) in [5.41, 5.74) is 4.01. The zero-order chi connectivity index (χ0) is 23.6. The molecule has 0 aliphatic carbocycles. The second kappa shape index (κ2) is 7.53. The predicted molar refractivity (Wildman–Crippen MR) is 128 cm³/mol. The van der Waals surface area contributed by atoms with Crippen molar-refractivity contribution in [2.45, 2.75) is 18.5 Å². The van der Waals surface area contributed by atoms with Crippen molar-refractivity contribution in [2.24, 2.45) is 0 Å². The molecule has 3 heterocycles. The van der Waals surface area contributed by atoms with E-state index >= 15 is 0 Å². The summed E-state index contributed by atoms with van der Waals surface area (Å²) < 4.78 is 5.33. The van der Waals surface area contributed by atoms with Gasteiger partial charge in [0, 0.05) is 28.0 Å². The van der Waals surface area contributed by atoms with E-state index in [0.29, 0.717) is 22.9 Å². The second-order valence-electron chi connectivity index (χ2n) is 8.46. The number of rotatable bonds is 3. The molecule has 0 spiro atoms. The highest BCUT2D eigenvalue weighted by Crippen LogP contribution is 2.46. The Morgan fingerprint density at radius 3 is 2.59 bits per heavy atom. The van der Waals surface area contributed by atoms with Gasteiger partial charge in [-0.3, -0.25) is 9.69 Å². The number of hydrogen-bond acceptors (Lipinski definition) is 4. The molecule has 2 N–H and O–H groups in total. The number of phenols is 1. The maximum absolute atomic E-state index is 13.8. The molecular weight excluding hydrogens is 454 g/mol. The molecule has 0 unspecified atom stereocenters. The quantitative estimate of drug-likeness (QED) is 0.409. The number of ether oxygens (including phenoxy) is 1. The van der Waals surface area contributed by atoms with Crippen molar-refractivity contribution in [2.75, 3.05) is 12.0 Å². The number of phenolic OH excluding ortho intramolecular Hbond substituents is 1. The normalized spacial score (nSPS) is 19.5. The van der Waals surface area contributed by atoms with Gasteiger partial charge < -0.3 is 14.8 Å². The summed E-state index contributed by atoms with van der Waals surface area (Å²) in [6.45, 7) is 0. The number of nitrogens with zero attached hydrogens (tertiary/aromatic N) is 2. The summed E-state index contributed by atoms with van der Waals surface area (Å²) in [5, 5.41) is 11.7. The molecule has 7 nitrogen and oxygen atoms in total. The number of urea groups is 1. The molecule has 2 aliphatic rings. The van der Waals surface area contributed by atoms with E-state index in [4.69, 9.17) is 16.3 Å². The number of methoxy groups -OCH3 is 1. The van der Waals surface area contributed by atoms with Crippen molar-refractivity contribution in [3.05, 3.63) is 88.6 Å². The summed E-state index contributed by atoms with van der Waals surface area (Å²) in [4.78, 5) is 33.7. The second-order valence-corrected chi connectivity index (χ2v) is 8.89. The van der Waals surface area contributed by atoms with E-state index in [1.54, 1.807) is 47.4 Å². The lowest BCUT2D eigenvalue weighted by atomic mass is 9.88. The van der Waals surface area contributed by atoms with E-state index in [0.717, 1.165) is 27.7 Å². The minimum Gasteiger partial charge on any atom is -0.504 e. The van der Waals surface area contributed by atoms with Gasteiger partial charge in [0.25, 0.3) is 5.91 Å². The van der Waals surface area contributed by atoms with Crippen molar-refractivity contribution in [3.8, 4) is 11.5 Å². The third-order valence-corrected chi connectivity index (χ3v) is 6.91. The largest absolute Gasteiger partial charge is 0.504 e. The van der Waals surface area contributed by atoms with Crippen LogP contribution in [0.5, 0.6) is 11.5 Å². The molecule has 1 aromatic heterocycles. The molecule has 34 heavy (non-hydrogen) atoms. The maximum atomic E-state index is 13.8. The van der Waals surface area contributed by atoms with Gasteiger partial charge in [-0.25, -0.2) is 9.69 Å². The smallest absolute Gasteiger partial charge is 0.332 e. The first kappa shape index (κ1) is 20.6. The molecule has 170 valence electrons. The Morgan fingerprint density at radius 2 is 1.82 bits per heavy atom. The number of aromatic hydroxyl groups is 1. The lowest BCUT2D eigenvalue weighted by molar-refractivity contribution is -0.120. The standard InChI is InChI=1S/C26H20ClN3O4/c1-34-22-12-14(6-11-21(22)31)24-23-18(17-4-2-3-5-19(17)28-23)13-20-25(32)29(26(33)30(20)24)16-9-7-15(27)8-10-16/h2-12,20,24,28,31H,13H2,1H3/t20-,24-/m1/s1. The first-order chi connectivity index (χ1) is 16.5. The summed E-state index contributed by atoms with van der Waals surface area (Å²) in [6.07, 6.45) is 0.403. The summed E-state index contributed by atoms with van der Waals surface area (Å²) in [5.74, 6) is 0.0194. The van der Waals surface area contributed by atoms with Crippen LogP contribution in [0, 0.1) is 0 Å². The molecule has 2 atom stereocenters. The molecule has 1 saturated heterocycles. The first-order valence-corrected chi connectivity index (χ1v) is 11.2. The Kier molecular flexibility index (Phi) is 4.57. The molecule has 1 fully saturated rings. The minimum absolute atomic E-state index is 0.00194. The monoisotopic (exact) mass is 473 g/mol. The van der Waals surface area contributed by atoms with E-state index in [-0.39, 0.29) is 11.7 Å². The Balaban J connectivity index is 1.55. The average Bonchev–Trinajstić information content (AvgIpc) is 3.34. The number of anilines is 1. The molecule has 4 aromatic rings. The van der Waals surface area contributed by atoms with Gasteiger partial charge in [-0.15, -0.1) is 0 Å². The van der Waals surface area contributed by atoms with Gasteiger partial charge in [0.15, 0.2) is 11.5 Å². The molecular formula is C26H20ClN3O4. The summed E-state index contributed by atoms with van der Waals surface area (Å²) in [7, 11) is 1.48. The summed E-state index contributed by atoms with van der Waals surface area (Å²) >= 11 is 6.02. The third-order valence-electron chi connectivity index (χ3n) is 6.65. The topological polar surface area (TPSA) is 85.9 Å². The number of hydrogen-bond donors (Lipinski definition) is 2. The van der Waals surface area contributed by atoms with Crippen LogP contribution >= 0.6 is 11.6 Å². The van der Waals surface area contributed by atoms with Gasteiger partial charge in [0.1, 0.15) is 12.1 Å². The number of amides is 3. The highest BCUT2D eigenvalue weighted by molar-refractivity contribution is 6.30. The van der Waals surface area contributed by atoms with Crippen LogP contribution in [0.25, 0.3) is 10.9 Å². The number of carbonyl (C=O) groups excluding carboxylic acids is 2. The van der Waals surface area contributed by atoms with Gasteiger partial charge in [0.05, 0.1) is 12.8 Å². The lowest BCUT2D eigenvalue weighted by Crippen LogP contribution is -2.44. The van der Waals surface area contributed by atoms with Crippen LogP contribution in [0.4, 0.5) is 10.5 Å².